The average molecular weight is 561 g/mol. The first-order chi connectivity index (χ1) is 14.9. The molecule has 0 radical (unpaired) electrons. The van der Waals surface area contributed by atoms with Gasteiger partial charge < -0.3 is 5.32 Å². The van der Waals surface area contributed by atoms with Gasteiger partial charge in [-0.2, -0.15) is 0 Å². The zero-order valence-corrected chi connectivity index (χ0v) is 20.5. The smallest absolute Gasteiger partial charge is 0.337 e. The minimum Gasteiger partial charge on any atom is -0.362 e. The van der Waals surface area contributed by atoms with Crippen LogP contribution in [0.3, 0.4) is 0 Å². The molecule has 0 aromatic heterocycles. The van der Waals surface area contributed by atoms with Crippen LogP contribution in [0.25, 0.3) is 0 Å². The summed E-state index contributed by atoms with van der Waals surface area (Å²) >= 11 is 36.2. The molecule has 2 aromatic rings. The lowest BCUT2D eigenvalue weighted by molar-refractivity contribution is -0.119. The maximum absolute atomic E-state index is 14.4. The predicted molar refractivity (Wildman–Crippen MR) is 128 cm³/mol. The Hall–Kier alpha value is -1.48. The number of carbonyl (C=O) groups excluding carboxylic acids is 2. The van der Waals surface area contributed by atoms with Gasteiger partial charge in [0.05, 0.1) is 15.7 Å². The van der Waals surface area contributed by atoms with E-state index >= 15 is 0 Å². The number of anilines is 2. The molecule has 0 spiro atoms. The van der Waals surface area contributed by atoms with Crippen LogP contribution in [-0.2, 0) is 4.79 Å². The number of nitrogens with one attached hydrogen (secondary N) is 1. The van der Waals surface area contributed by atoms with Crippen molar-refractivity contribution < 1.29 is 14.0 Å². The van der Waals surface area contributed by atoms with Crippen molar-refractivity contribution in [1.29, 1.82) is 0 Å². The number of alkyl halides is 4. The van der Waals surface area contributed by atoms with Crippen LogP contribution in [-0.4, -0.2) is 45.1 Å². The molecule has 1 heterocycles. The zero-order valence-electron chi connectivity index (χ0n) is 16.0. The third-order valence-electron chi connectivity index (χ3n) is 4.36. The Bertz CT molecular complexity index is 1090. The van der Waals surface area contributed by atoms with Crippen LogP contribution in [0.15, 0.2) is 47.5 Å². The summed E-state index contributed by atoms with van der Waals surface area (Å²) in [7, 11) is 1.23. The number of urea groups is 1. The van der Waals surface area contributed by atoms with Gasteiger partial charge in [0.1, 0.15) is 17.4 Å². The molecule has 3 amide bonds. The molecule has 3 rings (SSSR count). The van der Waals surface area contributed by atoms with Gasteiger partial charge >= 0.3 is 6.03 Å². The highest BCUT2D eigenvalue weighted by Gasteiger charge is 2.45. The highest BCUT2D eigenvalue weighted by atomic mass is 35.6. The predicted octanol–water partition coefficient (Wildman–Crippen LogP) is 6.35. The molecule has 1 aliphatic heterocycles. The van der Waals surface area contributed by atoms with Crippen molar-refractivity contribution in [2.75, 3.05) is 17.3 Å². The van der Waals surface area contributed by atoms with E-state index in [2.05, 4.69) is 10.3 Å². The summed E-state index contributed by atoms with van der Waals surface area (Å²) in [6.45, 7) is 0. The molecule has 1 aliphatic rings. The molecule has 2 aromatic carbocycles. The van der Waals surface area contributed by atoms with Crippen molar-refractivity contribution in [1.82, 2.24) is 4.90 Å². The van der Waals surface area contributed by atoms with E-state index in [9.17, 15) is 14.0 Å². The largest absolute Gasteiger partial charge is 0.362 e. The summed E-state index contributed by atoms with van der Waals surface area (Å²) in [6, 6.07) is 9.14. The van der Waals surface area contributed by atoms with Crippen molar-refractivity contribution in [3.63, 3.8) is 0 Å². The average Bonchev–Trinajstić information content (AvgIpc) is 2.93. The number of hydrogen-bond donors (Lipinski definition) is 1. The number of para-hydroxylation sites is 1. The topological polar surface area (TPSA) is 65.0 Å². The van der Waals surface area contributed by atoms with Crippen LogP contribution in [0, 0.1) is 5.82 Å². The molecular weight excluding hydrogens is 548 g/mol. The summed E-state index contributed by atoms with van der Waals surface area (Å²) < 4.78 is 12.4. The fraction of sp³-hybridized carbons (Fsp3) is 0.211. The van der Waals surface area contributed by atoms with E-state index in [0.29, 0.717) is 10.7 Å². The van der Waals surface area contributed by atoms with Gasteiger partial charge in [-0.1, -0.05) is 70.1 Å². The Morgan fingerprint density at radius 2 is 1.72 bits per heavy atom. The third kappa shape index (κ3) is 5.19. The molecule has 0 bridgehead atoms. The maximum Gasteiger partial charge on any atom is 0.337 e. The third-order valence-corrected chi connectivity index (χ3v) is 6.71. The van der Waals surface area contributed by atoms with Crippen LogP contribution in [0.1, 0.15) is 0 Å². The van der Waals surface area contributed by atoms with E-state index in [1.54, 1.807) is 6.07 Å². The molecule has 0 aliphatic carbocycles. The SMILES string of the molecule is CN1C(=O)C(=NC(Nc2ccc(Cl)c(Cl)c2)C(Cl)C(Cl)(Cl)Cl)N(c2ccccc2F)C1=O. The van der Waals surface area contributed by atoms with E-state index in [1.165, 1.54) is 37.4 Å². The molecule has 6 nitrogen and oxygen atoms in total. The molecule has 13 heteroatoms. The molecule has 2 unspecified atom stereocenters. The minimum absolute atomic E-state index is 0.178. The number of benzene rings is 2. The van der Waals surface area contributed by atoms with Crippen molar-refractivity contribution in [2.45, 2.75) is 15.3 Å². The second-order valence-electron chi connectivity index (χ2n) is 6.55. The number of carbonyl (C=O) groups is 2. The number of likely N-dealkylation sites (N-methyl/N-ethyl adjacent to an activating group) is 1. The van der Waals surface area contributed by atoms with Gasteiger partial charge in [0.2, 0.25) is 9.63 Å². The molecule has 32 heavy (non-hydrogen) atoms. The van der Waals surface area contributed by atoms with E-state index in [4.69, 9.17) is 69.6 Å². The monoisotopic (exact) mass is 558 g/mol. The lowest BCUT2D eigenvalue weighted by Crippen LogP contribution is -2.40. The number of nitrogens with zero attached hydrogens (tertiary/aromatic N) is 3. The number of imide groups is 1. The van der Waals surface area contributed by atoms with Gasteiger partial charge in [0, 0.05) is 12.7 Å². The van der Waals surface area contributed by atoms with Crippen LogP contribution in [0.2, 0.25) is 10.0 Å². The number of halogens is 7. The van der Waals surface area contributed by atoms with E-state index in [1.807, 2.05) is 0 Å². The quantitative estimate of drug-likeness (QED) is 0.342. The number of hydrogen-bond acceptors (Lipinski definition) is 4. The Balaban J connectivity index is 2.10. The van der Waals surface area contributed by atoms with Gasteiger partial charge in [0.25, 0.3) is 5.91 Å². The Labute approximate surface area is 212 Å². The van der Waals surface area contributed by atoms with E-state index in [0.717, 1.165) is 15.9 Å². The number of aliphatic imine (C=N–C) groups is 1. The highest BCUT2D eigenvalue weighted by Crippen LogP contribution is 2.38. The second-order valence-corrected chi connectivity index (χ2v) is 10.2. The first-order valence-corrected chi connectivity index (χ1v) is 11.1. The Morgan fingerprint density at radius 3 is 2.31 bits per heavy atom. The molecule has 2 atom stereocenters. The molecule has 170 valence electrons. The van der Waals surface area contributed by atoms with Gasteiger partial charge in [-0.25, -0.2) is 19.1 Å². The van der Waals surface area contributed by atoms with Crippen molar-refractivity contribution in [2.24, 2.45) is 4.99 Å². The minimum atomic E-state index is -2.03. The standard InChI is InChI=1S/C19H13Cl6FN4O2/c1-29-17(31)16(30(18(29)32)13-5-3-2-4-12(13)26)28-15(14(22)19(23,24)25)27-9-6-7-10(20)11(21)8-9/h2-8,14-15,27H,1H3. The molecule has 0 saturated carbocycles. The van der Waals surface area contributed by atoms with Crippen LogP contribution in [0.5, 0.6) is 0 Å². The summed E-state index contributed by atoms with van der Waals surface area (Å²) in [5, 5.41) is 2.09. The van der Waals surface area contributed by atoms with Gasteiger partial charge in [0.15, 0.2) is 0 Å². The molecular formula is C19H13Cl6FN4O2. The lowest BCUT2D eigenvalue weighted by Gasteiger charge is -2.27. The van der Waals surface area contributed by atoms with Gasteiger partial charge in [-0.15, -0.1) is 11.6 Å². The maximum atomic E-state index is 14.4. The van der Waals surface area contributed by atoms with Crippen molar-refractivity contribution >= 4 is 98.8 Å². The van der Waals surface area contributed by atoms with Gasteiger partial charge in [-0.3, -0.25) is 9.69 Å². The van der Waals surface area contributed by atoms with Crippen LogP contribution >= 0.6 is 69.6 Å². The van der Waals surface area contributed by atoms with E-state index in [-0.39, 0.29) is 10.7 Å². The fourth-order valence-corrected chi connectivity index (χ4v) is 3.55. The second kappa shape index (κ2) is 9.79. The molecule has 1 saturated heterocycles. The van der Waals surface area contributed by atoms with Crippen molar-refractivity contribution in [3.05, 3.63) is 58.3 Å². The van der Waals surface area contributed by atoms with Crippen LogP contribution in [0.4, 0.5) is 20.6 Å². The Kier molecular flexibility index (Phi) is 7.70. The van der Waals surface area contributed by atoms with Crippen LogP contribution < -0.4 is 10.2 Å². The number of rotatable bonds is 5. The number of amidine groups is 1. The molecule has 1 N–H and O–H groups in total. The highest BCUT2D eigenvalue weighted by molar-refractivity contribution is 6.70. The van der Waals surface area contributed by atoms with Gasteiger partial charge in [-0.05, 0) is 30.3 Å². The summed E-state index contributed by atoms with van der Waals surface area (Å²) in [6.07, 6.45) is -1.26. The first kappa shape index (κ1) is 25.1. The number of amides is 3. The fourth-order valence-electron chi connectivity index (χ4n) is 2.77. The first-order valence-electron chi connectivity index (χ1n) is 8.78. The van der Waals surface area contributed by atoms with Crippen molar-refractivity contribution in [3.8, 4) is 0 Å². The normalized spacial score (nSPS) is 17.8. The van der Waals surface area contributed by atoms with E-state index < -0.39 is 38.9 Å². The summed E-state index contributed by atoms with van der Waals surface area (Å²) in [5.74, 6) is -1.96. The molecule has 1 fully saturated rings. The lowest BCUT2D eigenvalue weighted by atomic mass is 10.2. The summed E-state index contributed by atoms with van der Waals surface area (Å²) in [5.41, 5.74) is 0.207. The summed E-state index contributed by atoms with van der Waals surface area (Å²) in [4.78, 5) is 31.3. The Morgan fingerprint density at radius 1 is 1.06 bits per heavy atom. The zero-order chi connectivity index (χ0) is 23.8.